The molecule has 11 heteroatoms. The molecule has 33 heavy (non-hydrogen) atoms. The summed E-state index contributed by atoms with van der Waals surface area (Å²) in [6.07, 6.45) is 2.03. The first-order chi connectivity index (χ1) is 15.3. The number of aliphatic hydroxyl groups is 1. The predicted molar refractivity (Wildman–Crippen MR) is 125 cm³/mol. The lowest BCUT2D eigenvalue weighted by Gasteiger charge is -2.18. The SMILES string of the molecule is COc1ccc(CNC(=O)c2c(Cl)ccc(NC(=O)C(N)CO)c2OCC2CC2)cc1F.Cl. The number of anilines is 1. The highest BCUT2D eigenvalue weighted by Crippen LogP contribution is 2.37. The lowest BCUT2D eigenvalue weighted by Crippen LogP contribution is -2.38. The van der Waals surface area contributed by atoms with Crippen LogP contribution in [0.4, 0.5) is 10.1 Å². The highest BCUT2D eigenvalue weighted by atomic mass is 35.5. The Labute approximate surface area is 202 Å². The van der Waals surface area contributed by atoms with Gasteiger partial charge in [0.2, 0.25) is 5.91 Å². The van der Waals surface area contributed by atoms with Crippen LogP contribution in [0.25, 0.3) is 0 Å². The number of hydrogen-bond acceptors (Lipinski definition) is 6. The van der Waals surface area contributed by atoms with E-state index in [0.717, 1.165) is 12.8 Å². The van der Waals surface area contributed by atoms with Gasteiger partial charge in [0.1, 0.15) is 11.6 Å². The molecule has 2 aromatic rings. The van der Waals surface area contributed by atoms with Crippen LogP contribution in [0.1, 0.15) is 28.8 Å². The van der Waals surface area contributed by atoms with E-state index in [4.69, 9.17) is 31.9 Å². The molecule has 1 saturated carbocycles. The van der Waals surface area contributed by atoms with Gasteiger partial charge in [-0.1, -0.05) is 17.7 Å². The number of ether oxygens (including phenoxy) is 2. The fourth-order valence-corrected chi connectivity index (χ4v) is 3.14. The summed E-state index contributed by atoms with van der Waals surface area (Å²) >= 11 is 6.31. The Kier molecular flexibility index (Phi) is 9.72. The Morgan fingerprint density at radius 1 is 1.30 bits per heavy atom. The maximum Gasteiger partial charge on any atom is 0.256 e. The van der Waals surface area contributed by atoms with Crippen molar-refractivity contribution in [3.05, 3.63) is 52.3 Å². The highest BCUT2D eigenvalue weighted by Gasteiger charge is 2.27. The lowest BCUT2D eigenvalue weighted by molar-refractivity contribution is -0.118. The zero-order valence-electron chi connectivity index (χ0n) is 17.9. The molecular formula is C22H26Cl2FN3O5. The Morgan fingerprint density at radius 3 is 2.64 bits per heavy atom. The summed E-state index contributed by atoms with van der Waals surface area (Å²) in [6, 6.07) is 6.17. The normalized spacial score (nSPS) is 13.5. The molecule has 0 heterocycles. The van der Waals surface area contributed by atoms with Crippen molar-refractivity contribution in [3.8, 4) is 11.5 Å². The van der Waals surface area contributed by atoms with Crippen LogP contribution in [0.5, 0.6) is 11.5 Å². The number of aliphatic hydroxyl groups excluding tert-OH is 1. The van der Waals surface area contributed by atoms with E-state index in [0.29, 0.717) is 18.1 Å². The Morgan fingerprint density at radius 2 is 2.03 bits per heavy atom. The number of nitrogens with two attached hydrogens (primary N) is 1. The van der Waals surface area contributed by atoms with E-state index in [1.807, 2.05) is 0 Å². The summed E-state index contributed by atoms with van der Waals surface area (Å²) in [5.74, 6) is -1.15. The molecule has 5 N–H and O–H groups in total. The molecule has 0 spiro atoms. The molecule has 0 bridgehead atoms. The largest absolute Gasteiger partial charge is 0.494 e. The van der Waals surface area contributed by atoms with Gasteiger partial charge in [-0.05, 0) is 48.6 Å². The molecule has 8 nitrogen and oxygen atoms in total. The lowest BCUT2D eigenvalue weighted by atomic mass is 10.1. The van der Waals surface area contributed by atoms with Crippen LogP contribution in [0.3, 0.4) is 0 Å². The third-order valence-corrected chi connectivity index (χ3v) is 5.27. The minimum absolute atomic E-state index is 0. The van der Waals surface area contributed by atoms with Gasteiger partial charge in [0.15, 0.2) is 17.3 Å². The van der Waals surface area contributed by atoms with Gasteiger partial charge in [0, 0.05) is 6.54 Å². The molecule has 1 atom stereocenters. The van der Waals surface area contributed by atoms with Crippen molar-refractivity contribution in [2.24, 2.45) is 11.7 Å². The quantitative estimate of drug-likeness (QED) is 0.396. The molecule has 3 rings (SSSR count). The summed E-state index contributed by atoms with van der Waals surface area (Å²) in [4.78, 5) is 25.2. The van der Waals surface area contributed by atoms with Crippen LogP contribution in [0, 0.1) is 11.7 Å². The van der Waals surface area contributed by atoms with E-state index in [2.05, 4.69) is 10.6 Å². The van der Waals surface area contributed by atoms with Crippen molar-refractivity contribution >= 4 is 41.5 Å². The van der Waals surface area contributed by atoms with Gasteiger partial charge in [0.25, 0.3) is 5.91 Å². The molecule has 0 radical (unpaired) electrons. The molecule has 1 fully saturated rings. The number of carbonyl (C=O) groups is 2. The van der Waals surface area contributed by atoms with E-state index in [9.17, 15) is 14.0 Å². The van der Waals surface area contributed by atoms with Crippen molar-refractivity contribution in [3.63, 3.8) is 0 Å². The van der Waals surface area contributed by atoms with Gasteiger partial charge in [-0.25, -0.2) is 4.39 Å². The minimum Gasteiger partial charge on any atom is -0.494 e. The van der Waals surface area contributed by atoms with Crippen LogP contribution >= 0.6 is 24.0 Å². The van der Waals surface area contributed by atoms with Crippen LogP contribution < -0.4 is 25.8 Å². The van der Waals surface area contributed by atoms with E-state index in [-0.39, 0.29) is 46.7 Å². The van der Waals surface area contributed by atoms with Gasteiger partial charge < -0.3 is 30.9 Å². The van der Waals surface area contributed by atoms with Crippen molar-refractivity contribution in [1.29, 1.82) is 0 Å². The first kappa shape index (κ1) is 26.7. The van der Waals surface area contributed by atoms with E-state index >= 15 is 0 Å². The molecule has 0 saturated heterocycles. The average Bonchev–Trinajstić information content (AvgIpc) is 3.61. The second kappa shape index (κ2) is 12.0. The highest BCUT2D eigenvalue weighted by molar-refractivity contribution is 6.34. The number of carbonyl (C=O) groups excluding carboxylic acids is 2. The molecule has 0 aliphatic heterocycles. The first-order valence-corrected chi connectivity index (χ1v) is 10.4. The third-order valence-electron chi connectivity index (χ3n) is 4.95. The number of amides is 2. The maximum absolute atomic E-state index is 13.9. The summed E-state index contributed by atoms with van der Waals surface area (Å²) in [7, 11) is 1.37. The van der Waals surface area contributed by atoms with Crippen LogP contribution in [0.2, 0.25) is 5.02 Å². The summed E-state index contributed by atoms with van der Waals surface area (Å²) in [5.41, 5.74) is 6.34. The van der Waals surface area contributed by atoms with Gasteiger partial charge in [-0.3, -0.25) is 9.59 Å². The Balaban J connectivity index is 0.00000385. The van der Waals surface area contributed by atoms with Crippen molar-refractivity contribution in [2.45, 2.75) is 25.4 Å². The van der Waals surface area contributed by atoms with E-state index in [1.54, 1.807) is 6.07 Å². The molecule has 1 aliphatic carbocycles. The summed E-state index contributed by atoms with van der Waals surface area (Å²) in [6.45, 7) is -0.146. The molecular weight excluding hydrogens is 476 g/mol. The van der Waals surface area contributed by atoms with Crippen LogP contribution in [-0.2, 0) is 11.3 Å². The topological polar surface area (TPSA) is 123 Å². The standard InChI is InChI=1S/C22H25ClFN3O5.ClH/c1-31-18-7-4-13(8-15(18)24)9-26-22(30)19-14(23)5-6-17(27-21(29)16(25)10-28)20(19)32-11-12-2-3-12;/h4-8,12,16,28H,2-3,9-11,25H2,1H3,(H,26,30)(H,27,29);1H. The second-order valence-corrected chi connectivity index (χ2v) is 7.89. The fraction of sp³-hybridized carbons (Fsp3) is 0.364. The first-order valence-electron chi connectivity index (χ1n) is 10.1. The van der Waals surface area contributed by atoms with Gasteiger partial charge in [-0.15, -0.1) is 12.4 Å². The number of benzene rings is 2. The third kappa shape index (κ3) is 6.94. The molecule has 0 aromatic heterocycles. The van der Waals surface area contributed by atoms with E-state index < -0.39 is 30.3 Å². The van der Waals surface area contributed by atoms with Crippen molar-refractivity contribution in [2.75, 3.05) is 25.6 Å². The van der Waals surface area contributed by atoms with Gasteiger partial charge in [0.05, 0.1) is 31.0 Å². The molecule has 1 aliphatic rings. The smallest absolute Gasteiger partial charge is 0.256 e. The minimum atomic E-state index is -1.13. The van der Waals surface area contributed by atoms with Gasteiger partial charge in [-0.2, -0.15) is 0 Å². The number of nitrogens with one attached hydrogen (secondary N) is 2. The number of hydrogen-bond donors (Lipinski definition) is 4. The molecule has 2 aromatic carbocycles. The monoisotopic (exact) mass is 501 g/mol. The predicted octanol–water partition coefficient (Wildman–Crippen LogP) is 2.89. The second-order valence-electron chi connectivity index (χ2n) is 7.48. The number of halogens is 3. The van der Waals surface area contributed by atoms with Crippen LogP contribution in [-0.4, -0.2) is 43.3 Å². The Hall–Kier alpha value is -2.59. The van der Waals surface area contributed by atoms with Gasteiger partial charge >= 0.3 is 0 Å². The summed E-state index contributed by atoms with van der Waals surface area (Å²) in [5, 5.41) is 14.5. The molecule has 180 valence electrons. The zero-order valence-corrected chi connectivity index (χ0v) is 19.5. The maximum atomic E-state index is 13.9. The fourth-order valence-electron chi connectivity index (χ4n) is 2.90. The van der Waals surface area contributed by atoms with Crippen LogP contribution in [0.15, 0.2) is 30.3 Å². The molecule has 1 unspecified atom stereocenters. The zero-order chi connectivity index (χ0) is 23.3. The average molecular weight is 502 g/mol. The number of methoxy groups -OCH3 is 1. The summed E-state index contributed by atoms with van der Waals surface area (Å²) < 4.78 is 24.7. The molecule has 2 amide bonds. The van der Waals surface area contributed by atoms with E-state index in [1.165, 1.54) is 31.4 Å². The van der Waals surface area contributed by atoms with Crippen molar-refractivity contribution in [1.82, 2.24) is 5.32 Å². The van der Waals surface area contributed by atoms with Crippen molar-refractivity contribution < 1.29 is 28.6 Å². The Bertz CT molecular complexity index is 1000. The number of rotatable bonds is 10.